The molecule has 0 saturated heterocycles. The van der Waals surface area contributed by atoms with Gasteiger partial charge in [0.05, 0.1) is 41.5 Å². The molecule has 138 valence electrons. The molecule has 1 atom stereocenters. The number of methoxy groups -OCH3 is 1. The van der Waals surface area contributed by atoms with Crippen LogP contribution in [-0.2, 0) is 0 Å². The van der Waals surface area contributed by atoms with Crippen molar-refractivity contribution in [1.82, 2.24) is 10.2 Å². The van der Waals surface area contributed by atoms with Gasteiger partial charge in [-0.05, 0) is 12.1 Å². The summed E-state index contributed by atoms with van der Waals surface area (Å²) in [6.45, 7) is 0. The van der Waals surface area contributed by atoms with Gasteiger partial charge in [-0.15, -0.1) is 0 Å². The van der Waals surface area contributed by atoms with Crippen LogP contribution in [0.2, 0.25) is 0 Å². The van der Waals surface area contributed by atoms with Crippen molar-refractivity contribution in [3.8, 4) is 11.8 Å². The Morgan fingerprint density at radius 3 is 2.79 bits per heavy atom. The number of aromatic nitrogens is 2. The molecule has 4 rings (SSSR count). The van der Waals surface area contributed by atoms with Gasteiger partial charge in [0.15, 0.2) is 0 Å². The lowest BCUT2D eigenvalue weighted by molar-refractivity contribution is -0.385. The lowest BCUT2D eigenvalue weighted by Gasteiger charge is -2.26. The number of benzene rings is 2. The first kappa shape index (κ1) is 17.3. The Morgan fingerprint density at radius 2 is 2.04 bits per heavy atom. The molecule has 8 heteroatoms. The number of nitrogens with zero attached hydrogens (tertiary/aromatic N) is 3. The predicted molar refractivity (Wildman–Crippen MR) is 103 cm³/mol. The number of hydrogen-bond acceptors (Lipinski definition) is 6. The van der Waals surface area contributed by atoms with Crippen LogP contribution in [0.3, 0.4) is 0 Å². The highest BCUT2D eigenvalue weighted by atomic mass is 16.6. The molecule has 8 nitrogen and oxygen atoms in total. The number of aromatic amines is 1. The number of allylic oxidation sites excluding steroid dienone is 1. The van der Waals surface area contributed by atoms with Crippen molar-refractivity contribution in [2.75, 3.05) is 12.4 Å². The van der Waals surface area contributed by atoms with E-state index in [9.17, 15) is 15.4 Å². The molecule has 3 aromatic rings. The highest BCUT2D eigenvalue weighted by molar-refractivity contribution is 5.87. The van der Waals surface area contributed by atoms with Crippen molar-refractivity contribution in [2.45, 2.75) is 5.92 Å². The number of nitriles is 1. The number of rotatable bonds is 4. The monoisotopic (exact) mass is 373 g/mol. The Kier molecular flexibility index (Phi) is 4.26. The van der Waals surface area contributed by atoms with Gasteiger partial charge in [-0.2, -0.15) is 10.4 Å². The maximum Gasteiger partial charge on any atom is 0.273 e. The molecule has 2 heterocycles. The van der Waals surface area contributed by atoms with Gasteiger partial charge in [-0.3, -0.25) is 15.2 Å². The number of para-hydroxylation sites is 1. The van der Waals surface area contributed by atoms with Crippen molar-refractivity contribution in [3.63, 3.8) is 0 Å². The average molecular weight is 373 g/mol. The summed E-state index contributed by atoms with van der Waals surface area (Å²) >= 11 is 0. The lowest BCUT2D eigenvalue weighted by atomic mass is 9.81. The second-order valence-corrected chi connectivity index (χ2v) is 6.21. The summed E-state index contributed by atoms with van der Waals surface area (Å²) < 4.78 is 5.29. The average Bonchev–Trinajstić information content (AvgIpc) is 3.20. The number of ether oxygens (including phenoxy) is 1. The summed E-state index contributed by atoms with van der Waals surface area (Å²) in [5.41, 5.74) is 2.74. The van der Waals surface area contributed by atoms with Crippen molar-refractivity contribution in [1.29, 1.82) is 5.26 Å². The molecule has 2 N–H and O–H groups in total. The zero-order chi connectivity index (χ0) is 19.7. The van der Waals surface area contributed by atoms with Crippen LogP contribution in [-0.4, -0.2) is 22.2 Å². The third-order valence-corrected chi connectivity index (χ3v) is 4.71. The maximum atomic E-state index is 11.6. The summed E-state index contributed by atoms with van der Waals surface area (Å²) in [5.74, 6) is 0.615. The number of H-pyrrole nitrogens is 1. The molecule has 1 unspecified atom stereocenters. The molecule has 0 spiro atoms. The van der Waals surface area contributed by atoms with Crippen LogP contribution in [0.15, 0.2) is 60.3 Å². The maximum absolute atomic E-state index is 11.6. The highest BCUT2D eigenvalue weighted by Crippen LogP contribution is 2.45. The SMILES string of the molecule is COc1cccc(C2=C(C#N)C(c3ccccc3[N+](=O)[O-])c3cn[nH]c3N2)c1. The van der Waals surface area contributed by atoms with E-state index in [1.165, 1.54) is 6.07 Å². The van der Waals surface area contributed by atoms with Crippen LogP contribution < -0.4 is 10.1 Å². The number of hydrogen-bond donors (Lipinski definition) is 2. The minimum Gasteiger partial charge on any atom is -0.497 e. The van der Waals surface area contributed by atoms with E-state index in [2.05, 4.69) is 21.6 Å². The standard InChI is InChI=1S/C20H15N5O3/c1-28-13-6-4-5-12(9-13)19-15(10-21)18(16-11-22-24-20(16)23-19)14-7-2-3-8-17(14)25(26)27/h2-9,11,18H,1H3,(H2,22,23,24). The Bertz CT molecular complexity index is 1140. The topological polar surface area (TPSA) is 117 Å². The third kappa shape index (κ3) is 2.75. The van der Waals surface area contributed by atoms with Crippen molar-refractivity contribution >= 4 is 17.2 Å². The zero-order valence-electron chi connectivity index (χ0n) is 14.8. The second kappa shape index (κ2) is 6.89. The zero-order valence-corrected chi connectivity index (χ0v) is 14.8. The quantitative estimate of drug-likeness (QED) is 0.530. The molecule has 28 heavy (non-hydrogen) atoms. The van der Waals surface area contributed by atoms with Gasteiger partial charge < -0.3 is 10.1 Å². The predicted octanol–water partition coefficient (Wildman–Crippen LogP) is 3.82. The smallest absolute Gasteiger partial charge is 0.273 e. The van der Waals surface area contributed by atoms with E-state index in [4.69, 9.17) is 4.74 Å². The molecule has 0 fully saturated rings. The molecule has 1 aliphatic rings. The van der Waals surface area contributed by atoms with Crippen LogP contribution in [0.5, 0.6) is 5.75 Å². The second-order valence-electron chi connectivity index (χ2n) is 6.21. The van der Waals surface area contributed by atoms with Gasteiger partial charge >= 0.3 is 0 Å². The van der Waals surface area contributed by atoms with E-state index in [0.29, 0.717) is 34.0 Å². The normalized spacial score (nSPS) is 15.4. The number of anilines is 1. The molecule has 0 aliphatic carbocycles. The van der Waals surface area contributed by atoms with Gasteiger partial charge in [-0.25, -0.2) is 0 Å². The molecule has 0 amide bonds. The first-order chi connectivity index (χ1) is 13.6. The van der Waals surface area contributed by atoms with E-state index in [1.54, 1.807) is 43.6 Å². The van der Waals surface area contributed by atoms with E-state index in [0.717, 1.165) is 5.56 Å². The first-order valence-corrected chi connectivity index (χ1v) is 8.46. The van der Waals surface area contributed by atoms with E-state index in [-0.39, 0.29) is 5.69 Å². The summed E-state index contributed by atoms with van der Waals surface area (Å²) in [7, 11) is 1.57. The molecule has 1 aliphatic heterocycles. The Hall–Kier alpha value is -4.12. The fourth-order valence-electron chi connectivity index (χ4n) is 3.45. The minimum atomic E-state index is -0.622. The largest absolute Gasteiger partial charge is 0.497 e. The van der Waals surface area contributed by atoms with Gasteiger partial charge in [0.1, 0.15) is 11.6 Å². The number of nitrogens with one attached hydrogen (secondary N) is 2. The highest BCUT2D eigenvalue weighted by Gasteiger charge is 2.35. The Labute approximate surface area is 160 Å². The van der Waals surface area contributed by atoms with Crippen LogP contribution in [0.25, 0.3) is 5.70 Å². The Balaban J connectivity index is 1.98. The van der Waals surface area contributed by atoms with Gasteiger partial charge in [0, 0.05) is 22.8 Å². The van der Waals surface area contributed by atoms with Gasteiger partial charge in [0.2, 0.25) is 0 Å². The summed E-state index contributed by atoms with van der Waals surface area (Å²) in [6.07, 6.45) is 1.59. The first-order valence-electron chi connectivity index (χ1n) is 8.46. The van der Waals surface area contributed by atoms with Crippen LogP contribution >= 0.6 is 0 Å². The summed E-state index contributed by atoms with van der Waals surface area (Å²) in [5, 5.41) is 31.7. The summed E-state index contributed by atoms with van der Waals surface area (Å²) in [4.78, 5) is 11.2. The fraction of sp³-hybridized carbons (Fsp3) is 0.100. The van der Waals surface area contributed by atoms with Crippen LogP contribution in [0.1, 0.15) is 22.6 Å². The van der Waals surface area contributed by atoms with E-state index < -0.39 is 10.8 Å². The fourth-order valence-corrected chi connectivity index (χ4v) is 3.45. The molecular formula is C20H15N5O3. The van der Waals surface area contributed by atoms with Crippen LogP contribution in [0, 0.1) is 21.4 Å². The lowest BCUT2D eigenvalue weighted by Crippen LogP contribution is -2.18. The molecule has 1 aromatic heterocycles. The molecule has 0 bridgehead atoms. The number of fused-ring (bicyclic) bond motifs is 1. The van der Waals surface area contributed by atoms with E-state index >= 15 is 0 Å². The molecular weight excluding hydrogens is 358 g/mol. The minimum absolute atomic E-state index is 0.0423. The molecule has 2 aromatic carbocycles. The van der Waals surface area contributed by atoms with Crippen LogP contribution in [0.4, 0.5) is 11.5 Å². The third-order valence-electron chi connectivity index (χ3n) is 4.71. The number of nitro groups is 1. The Morgan fingerprint density at radius 1 is 1.21 bits per heavy atom. The van der Waals surface area contributed by atoms with Gasteiger partial charge in [0.25, 0.3) is 5.69 Å². The van der Waals surface area contributed by atoms with Gasteiger partial charge in [-0.1, -0.05) is 30.3 Å². The number of nitro benzene ring substituents is 1. The van der Waals surface area contributed by atoms with Crippen molar-refractivity contribution in [3.05, 3.63) is 87.1 Å². The van der Waals surface area contributed by atoms with E-state index in [1.807, 2.05) is 12.1 Å². The van der Waals surface area contributed by atoms with Crippen molar-refractivity contribution < 1.29 is 9.66 Å². The molecule has 0 radical (unpaired) electrons. The molecule has 0 saturated carbocycles. The summed E-state index contributed by atoms with van der Waals surface area (Å²) in [6, 6.07) is 16.0. The van der Waals surface area contributed by atoms with Crippen molar-refractivity contribution in [2.24, 2.45) is 0 Å².